The minimum Gasteiger partial charge on any atom is -0.383 e. The van der Waals surface area contributed by atoms with Gasteiger partial charge in [-0.05, 0) is 25.2 Å². The molecule has 0 radical (unpaired) electrons. The molecular formula is C14H24N4O2. The van der Waals surface area contributed by atoms with E-state index in [0.29, 0.717) is 18.2 Å². The van der Waals surface area contributed by atoms with Gasteiger partial charge in [0.1, 0.15) is 11.5 Å². The van der Waals surface area contributed by atoms with Gasteiger partial charge in [0.15, 0.2) is 0 Å². The number of nitrogens with two attached hydrogens (primary N) is 1. The molecule has 0 bridgehead atoms. The van der Waals surface area contributed by atoms with Crippen LogP contribution in [0.2, 0.25) is 0 Å². The zero-order valence-corrected chi connectivity index (χ0v) is 12.2. The Morgan fingerprint density at radius 1 is 1.35 bits per heavy atom. The van der Waals surface area contributed by atoms with Crippen molar-refractivity contribution in [2.45, 2.75) is 58.5 Å². The summed E-state index contributed by atoms with van der Waals surface area (Å²) in [5, 5.41) is 3.26. The molecule has 1 aliphatic rings. The number of nitrogens with zero attached hydrogens (tertiary/aromatic N) is 1. The molecule has 0 aromatic carbocycles. The number of nitrogens with one attached hydrogen (secondary N) is 2. The van der Waals surface area contributed by atoms with Gasteiger partial charge in [0.05, 0.1) is 0 Å². The summed E-state index contributed by atoms with van der Waals surface area (Å²) < 4.78 is 1.43. The summed E-state index contributed by atoms with van der Waals surface area (Å²) in [6.07, 6.45) is 5.38. The second-order valence-corrected chi connectivity index (χ2v) is 5.68. The van der Waals surface area contributed by atoms with Crippen molar-refractivity contribution in [2.24, 2.45) is 5.92 Å². The van der Waals surface area contributed by atoms with Crippen LogP contribution in [0.4, 0.5) is 11.5 Å². The van der Waals surface area contributed by atoms with Crippen molar-refractivity contribution >= 4 is 11.5 Å². The topological polar surface area (TPSA) is 92.9 Å². The molecule has 0 aliphatic heterocycles. The second-order valence-electron chi connectivity index (χ2n) is 5.68. The largest absolute Gasteiger partial charge is 0.383 e. The van der Waals surface area contributed by atoms with Crippen LogP contribution in [0.3, 0.4) is 0 Å². The van der Waals surface area contributed by atoms with Crippen LogP contribution in [-0.4, -0.2) is 15.6 Å². The van der Waals surface area contributed by atoms with Crippen molar-refractivity contribution in [3.8, 4) is 0 Å². The molecule has 1 aliphatic carbocycles. The summed E-state index contributed by atoms with van der Waals surface area (Å²) >= 11 is 0. The first-order chi connectivity index (χ1) is 9.54. The third kappa shape index (κ3) is 2.89. The quantitative estimate of drug-likeness (QED) is 0.779. The molecule has 112 valence electrons. The molecule has 0 saturated heterocycles. The number of aromatic nitrogens is 2. The molecule has 1 aromatic rings. The van der Waals surface area contributed by atoms with Crippen LogP contribution in [0, 0.1) is 5.92 Å². The van der Waals surface area contributed by atoms with Crippen molar-refractivity contribution in [3.05, 3.63) is 20.8 Å². The molecule has 20 heavy (non-hydrogen) atoms. The Morgan fingerprint density at radius 3 is 2.70 bits per heavy atom. The maximum atomic E-state index is 12.0. The lowest BCUT2D eigenvalue weighted by atomic mass is 9.86. The summed E-state index contributed by atoms with van der Waals surface area (Å²) in [7, 11) is 0. The Bertz CT molecular complexity index is 576. The van der Waals surface area contributed by atoms with Crippen molar-refractivity contribution < 1.29 is 0 Å². The third-order valence-corrected chi connectivity index (χ3v) is 4.13. The van der Waals surface area contributed by atoms with E-state index in [1.54, 1.807) is 0 Å². The van der Waals surface area contributed by atoms with Gasteiger partial charge in [-0.2, -0.15) is 0 Å². The van der Waals surface area contributed by atoms with Crippen LogP contribution < -0.4 is 22.3 Å². The second kappa shape index (κ2) is 6.15. The van der Waals surface area contributed by atoms with Gasteiger partial charge in [0, 0.05) is 12.6 Å². The molecule has 6 heteroatoms. The van der Waals surface area contributed by atoms with Gasteiger partial charge >= 0.3 is 5.69 Å². The number of H-pyrrole nitrogens is 1. The molecule has 6 nitrogen and oxygen atoms in total. The highest BCUT2D eigenvalue weighted by molar-refractivity contribution is 5.61. The highest BCUT2D eigenvalue weighted by Gasteiger charge is 2.23. The lowest BCUT2D eigenvalue weighted by Gasteiger charge is -2.30. The summed E-state index contributed by atoms with van der Waals surface area (Å²) in [5.41, 5.74) is 5.51. The molecule has 2 atom stereocenters. The predicted octanol–water partition coefficient (Wildman–Crippen LogP) is 1.52. The summed E-state index contributed by atoms with van der Waals surface area (Å²) in [5.74, 6) is 0.757. The molecule has 4 N–H and O–H groups in total. The molecule has 1 aromatic heterocycles. The number of hydrogen-bond acceptors (Lipinski definition) is 4. The Labute approximate surface area is 118 Å². The van der Waals surface area contributed by atoms with E-state index in [1.807, 2.05) is 6.92 Å². The monoisotopic (exact) mass is 280 g/mol. The number of aromatic amines is 1. The zero-order chi connectivity index (χ0) is 14.7. The Morgan fingerprint density at radius 2 is 2.05 bits per heavy atom. The van der Waals surface area contributed by atoms with Crippen LogP contribution in [0.1, 0.15) is 46.0 Å². The number of nitrogen functional groups attached to an aromatic ring is 1. The van der Waals surface area contributed by atoms with E-state index >= 15 is 0 Å². The molecular weight excluding hydrogens is 256 g/mol. The first-order valence-electron chi connectivity index (χ1n) is 7.43. The van der Waals surface area contributed by atoms with E-state index in [2.05, 4.69) is 17.2 Å². The SMILES string of the molecule is CCCn1c(N)c(NC2CCCCC2C)c(=O)[nH]c1=O. The Kier molecular flexibility index (Phi) is 4.52. The number of hydrogen-bond donors (Lipinski definition) is 3. The number of rotatable bonds is 4. The van der Waals surface area contributed by atoms with Crippen LogP contribution in [0.5, 0.6) is 0 Å². The van der Waals surface area contributed by atoms with Gasteiger partial charge < -0.3 is 11.1 Å². The van der Waals surface area contributed by atoms with Crippen molar-refractivity contribution in [1.29, 1.82) is 0 Å². The molecule has 1 saturated carbocycles. The van der Waals surface area contributed by atoms with Gasteiger partial charge in [0.25, 0.3) is 5.56 Å². The van der Waals surface area contributed by atoms with E-state index in [9.17, 15) is 9.59 Å². The smallest absolute Gasteiger partial charge is 0.330 e. The van der Waals surface area contributed by atoms with Crippen LogP contribution >= 0.6 is 0 Å². The standard InChI is InChI=1S/C14H24N4O2/c1-3-8-18-12(15)11(13(19)17-14(18)20)16-10-7-5-4-6-9(10)2/h9-10,16H,3-8,15H2,1-2H3,(H,17,19,20). The molecule has 2 unspecified atom stereocenters. The minimum absolute atomic E-state index is 0.248. The van der Waals surface area contributed by atoms with Gasteiger partial charge in [-0.15, -0.1) is 0 Å². The normalized spacial score (nSPS) is 22.7. The molecule has 0 amide bonds. The highest BCUT2D eigenvalue weighted by Crippen LogP contribution is 2.27. The summed E-state index contributed by atoms with van der Waals surface area (Å²) in [4.78, 5) is 26.1. The summed E-state index contributed by atoms with van der Waals surface area (Å²) in [6, 6.07) is 0.250. The first-order valence-corrected chi connectivity index (χ1v) is 7.43. The zero-order valence-electron chi connectivity index (χ0n) is 12.2. The molecule has 2 rings (SSSR count). The Hall–Kier alpha value is -1.72. The predicted molar refractivity (Wildman–Crippen MR) is 81.1 cm³/mol. The van der Waals surface area contributed by atoms with E-state index in [-0.39, 0.29) is 11.9 Å². The van der Waals surface area contributed by atoms with Gasteiger partial charge in [-0.25, -0.2) is 4.79 Å². The lowest BCUT2D eigenvalue weighted by Crippen LogP contribution is -2.38. The molecule has 1 heterocycles. The lowest BCUT2D eigenvalue weighted by molar-refractivity contribution is 0.349. The van der Waals surface area contributed by atoms with E-state index in [0.717, 1.165) is 25.7 Å². The van der Waals surface area contributed by atoms with E-state index < -0.39 is 11.2 Å². The van der Waals surface area contributed by atoms with Crippen LogP contribution in [0.25, 0.3) is 0 Å². The van der Waals surface area contributed by atoms with E-state index in [4.69, 9.17) is 5.73 Å². The average molecular weight is 280 g/mol. The molecule has 1 fully saturated rings. The van der Waals surface area contributed by atoms with Crippen molar-refractivity contribution in [1.82, 2.24) is 9.55 Å². The average Bonchev–Trinajstić information content (AvgIpc) is 2.41. The summed E-state index contributed by atoms with van der Waals surface area (Å²) in [6.45, 7) is 4.66. The third-order valence-electron chi connectivity index (χ3n) is 4.13. The fourth-order valence-corrected chi connectivity index (χ4v) is 2.89. The maximum Gasteiger partial charge on any atom is 0.330 e. The fraction of sp³-hybridized carbons (Fsp3) is 0.714. The number of anilines is 2. The van der Waals surface area contributed by atoms with Gasteiger partial charge in [-0.1, -0.05) is 26.7 Å². The van der Waals surface area contributed by atoms with Gasteiger partial charge in [0.2, 0.25) is 0 Å². The van der Waals surface area contributed by atoms with Crippen molar-refractivity contribution in [3.63, 3.8) is 0 Å². The Balaban J connectivity index is 2.33. The first kappa shape index (κ1) is 14.7. The maximum absolute atomic E-state index is 12.0. The highest BCUT2D eigenvalue weighted by atomic mass is 16.2. The fourth-order valence-electron chi connectivity index (χ4n) is 2.89. The van der Waals surface area contributed by atoms with Crippen LogP contribution in [-0.2, 0) is 6.54 Å². The minimum atomic E-state index is -0.434. The molecule has 0 spiro atoms. The van der Waals surface area contributed by atoms with Gasteiger partial charge in [-0.3, -0.25) is 14.3 Å². The van der Waals surface area contributed by atoms with E-state index in [1.165, 1.54) is 11.0 Å². The van der Waals surface area contributed by atoms with Crippen LogP contribution in [0.15, 0.2) is 9.59 Å². The van der Waals surface area contributed by atoms with Crippen molar-refractivity contribution in [2.75, 3.05) is 11.1 Å².